The standard InChI is InChI=1S/C13H18F2N2O2S/c1-4-13(5-2,20-3)8-16-12-10(17(18)19)7-6-9(14)11(12)15/h6-7,16H,4-5,8H2,1-3H3. The summed E-state index contributed by atoms with van der Waals surface area (Å²) in [6.45, 7) is 4.33. The SMILES string of the molecule is CCC(CC)(CNc1c([N+](=O)[O-])ccc(F)c1F)SC. The lowest BCUT2D eigenvalue weighted by Crippen LogP contribution is -2.32. The Bertz CT molecular complexity index is 485. The summed E-state index contributed by atoms with van der Waals surface area (Å²) in [6.07, 6.45) is 3.58. The Morgan fingerprint density at radius 2 is 1.95 bits per heavy atom. The van der Waals surface area contributed by atoms with E-state index in [1.807, 2.05) is 20.1 Å². The first kappa shape index (κ1) is 16.7. The average Bonchev–Trinajstić information content (AvgIpc) is 2.44. The van der Waals surface area contributed by atoms with E-state index in [4.69, 9.17) is 0 Å². The summed E-state index contributed by atoms with van der Waals surface area (Å²) in [4.78, 5) is 10.2. The van der Waals surface area contributed by atoms with Crippen LogP contribution < -0.4 is 5.32 Å². The number of anilines is 1. The molecule has 0 fully saturated rings. The molecule has 1 N–H and O–H groups in total. The van der Waals surface area contributed by atoms with E-state index in [-0.39, 0.29) is 10.4 Å². The molecule has 0 saturated heterocycles. The summed E-state index contributed by atoms with van der Waals surface area (Å²) < 4.78 is 26.8. The number of nitrogens with zero attached hydrogens (tertiary/aromatic N) is 1. The van der Waals surface area contributed by atoms with Gasteiger partial charge in [0.15, 0.2) is 17.3 Å². The van der Waals surface area contributed by atoms with Gasteiger partial charge in [-0.15, -0.1) is 0 Å². The first-order valence-corrected chi connectivity index (χ1v) is 7.54. The number of hydrogen-bond acceptors (Lipinski definition) is 4. The van der Waals surface area contributed by atoms with E-state index in [1.165, 1.54) is 0 Å². The summed E-state index contributed by atoms with van der Waals surface area (Å²) in [5, 5.41) is 13.6. The Hall–Kier alpha value is -1.37. The minimum Gasteiger partial charge on any atom is -0.376 e. The van der Waals surface area contributed by atoms with Gasteiger partial charge in [-0.05, 0) is 25.2 Å². The van der Waals surface area contributed by atoms with Crippen molar-refractivity contribution >= 4 is 23.1 Å². The van der Waals surface area contributed by atoms with E-state index in [0.29, 0.717) is 6.54 Å². The maximum atomic E-state index is 13.8. The first-order valence-electron chi connectivity index (χ1n) is 6.32. The number of thioether (sulfide) groups is 1. The molecule has 0 aromatic heterocycles. The fourth-order valence-corrected chi connectivity index (χ4v) is 2.76. The van der Waals surface area contributed by atoms with Gasteiger partial charge in [0.1, 0.15) is 0 Å². The predicted octanol–water partition coefficient (Wildman–Crippen LogP) is 4.21. The van der Waals surface area contributed by atoms with Gasteiger partial charge in [-0.25, -0.2) is 8.78 Å². The van der Waals surface area contributed by atoms with Crippen molar-refractivity contribution in [2.75, 3.05) is 18.1 Å². The number of nitrogens with one attached hydrogen (secondary N) is 1. The highest BCUT2D eigenvalue weighted by atomic mass is 32.2. The molecule has 0 radical (unpaired) electrons. The molecule has 1 aromatic rings. The minimum absolute atomic E-state index is 0.160. The van der Waals surface area contributed by atoms with Crippen LogP contribution in [0.3, 0.4) is 0 Å². The van der Waals surface area contributed by atoms with Crippen LogP contribution in [0.1, 0.15) is 26.7 Å². The number of halogens is 2. The van der Waals surface area contributed by atoms with Crippen LogP contribution in [0.15, 0.2) is 12.1 Å². The van der Waals surface area contributed by atoms with Crippen LogP contribution in [0.25, 0.3) is 0 Å². The molecular weight excluding hydrogens is 286 g/mol. The van der Waals surface area contributed by atoms with Crippen LogP contribution in [-0.2, 0) is 0 Å². The van der Waals surface area contributed by atoms with E-state index < -0.39 is 22.2 Å². The van der Waals surface area contributed by atoms with Crippen LogP contribution >= 0.6 is 11.8 Å². The van der Waals surface area contributed by atoms with E-state index in [0.717, 1.165) is 25.0 Å². The third-order valence-electron chi connectivity index (χ3n) is 3.58. The van der Waals surface area contributed by atoms with Crippen molar-refractivity contribution in [3.05, 3.63) is 33.9 Å². The molecule has 0 bridgehead atoms. The van der Waals surface area contributed by atoms with E-state index >= 15 is 0 Å². The van der Waals surface area contributed by atoms with Crippen molar-refractivity contribution in [1.82, 2.24) is 0 Å². The highest BCUT2D eigenvalue weighted by Gasteiger charge is 2.28. The van der Waals surface area contributed by atoms with Gasteiger partial charge in [-0.2, -0.15) is 11.8 Å². The highest BCUT2D eigenvalue weighted by Crippen LogP contribution is 2.34. The smallest absolute Gasteiger partial charge is 0.295 e. The van der Waals surface area contributed by atoms with Crippen molar-refractivity contribution < 1.29 is 13.7 Å². The minimum atomic E-state index is -1.21. The Labute approximate surface area is 121 Å². The summed E-state index contributed by atoms with van der Waals surface area (Å²) in [5.41, 5.74) is -0.832. The maximum Gasteiger partial charge on any atom is 0.295 e. The second kappa shape index (κ2) is 6.88. The van der Waals surface area contributed by atoms with Gasteiger partial charge < -0.3 is 5.32 Å². The second-order valence-electron chi connectivity index (χ2n) is 4.46. The first-order chi connectivity index (χ1) is 9.40. The molecule has 112 valence electrons. The lowest BCUT2D eigenvalue weighted by atomic mass is 10.0. The largest absolute Gasteiger partial charge is 0.376 e. The van der Waals surface area contributed by atoms with Crippen LogP contribution in [-0.4, -0.2) is 22.5 Å². The van der Waals surface area contributed by atoms with Crippen molar-refractivity contribution in [2.24, 2.45) is 0 Å². The molecule has 0 aliphatic rings. The molecule has 1 aromatic carbocycles. The molecule has 0 unspecified atom stereocenters. The quantitative estimate of drug-likeness (QED) is 0.605. The van der Waals surface area contributed by atoms with Gasteiger partial charge in [-0.3, -0.25) is 10.1 Å². The van der Waals surface area contributed by atoms with Crippen molar-refractivity contribution in [2.45, 2.75) is 31.4 Å². The van der Waals surface area contributed by atoms with Crippen LogP contribution in [0.4, 0.5) is 20.2 Å². The zero-order chi connectivity index (χ0) is 15.3. The van der Waals surface area contributed by atoms with Crippen LogP contribution in [0, 0.1) is 21.7 Å². The number of nitro groups is 1. The lowest BCUT2D eigenvalue weighted by Gasteiger charge is -2.30. The van der Waals surface area contributed by atoms with Crippen molar-refractivity contribution in [3.63, 3.8) is 0 Å². The molecule has 0 aliphatic carbocycles. The Morgan fingerprint density at radius 1 is 1.35 bits per heavy atom. The van der Waals surface area contributed by atoms with Gasteiger partial charge in [0.2, 0.25) is 0 Å². The fourth-order valence-electron chi connectivity index (χ4n) is 1.97. The Kier molecular flexibility index (Phi) is 5.74. The Balaban J connectivity index is 3.08. The van der Waals surface area contributed by atoms with Crippen molar-refractivity contribution in [1.29, 1.82) is 0 Å². The summed E-state index contributed by atoms with van der Waals surface area (Å²) in [5.74, 6) is -2.30. The number of benzene rings is 1. The molecule has 0 spiro atoms. The van der Waals surface area contributed by atoms with Gasteiger partial charge in [0, 0.05) is 17.4 Å². The molecule has 7 heteroatoms. The monoisotopic (exact) mass is 304 g/mol. The summed E-state index contributed by atoms with van der Waals surface area (Å²) in [6, 6.07) is 1.74. The van der Waals surface area contributed by atoms with E-state index in [1.54, 1.807) is 11.8 Å². The highest BCUT2D eigenvalue weighted by molar-refractivity contribution is 8.00. The van der Waals surface area contributed by atoms with Gasteiger partial charge in [0.05, 0.1) is 4.92 Å². The van der Waals surface area contributed by atoms with Crippen LogP contribution in [0.2, 0.25) is 0 Å². The number of nitro benzene ring substituents is 1. The molecule has 0 heterocycles. The zero-order valence-corrected chi connectivity index (χ0v) is 12.5. The third-order valence-corrected chi connectivity index (χ3v) is 5.17. The van der Waals surface area contributed by atoms with Gasteiger partial charge >= 0.3 is 0 Å². The molecule has 0 aliphatic heterocycles. The molecular formula is C13H18F2N2O2S. The summed E-state index contributed by atoms with van der Waals surface area (Å²) >= 11 is 1.61. The molecule has 1 rings (SSSR count). The molecule has 4 nitrogen and oxygen atoms in total. The van der Waals surface area contributed by atoms with Crippen molar-refractivity contribution in [3.8, 4) is 0 Å². The topological polar surface area (TPSA) is 55.2 Å². The average molecular weight is 304 g/mol. The third kappa shape index (κ3) is 3.39. The normalized spacial score (nSPS) is 11.4. The molecule has 0 saturated carbocycles. The fraction of sp³-hybridized carbons (Fsp3) is 0.538. The number of hydrogen-bond donors (Lipinski definition) is 1. The summed E-state index contributed by atoms with van der Waals surface area (Å²) in [7, 11) is 0. The molecule has 0 atom stereocenters. The van der Waals surface area contributed by atoms with E-state index in [9.17, 15) is 18.9 Å². The number of rotatable bonds is 7. The van der Waals surface area contributed by atoms with E-state index in [2.05, 4.69) is 5.32 Å². The van der Waals surface area contributed by atoms with Gasteiger partial charge in [0.25, 0.3) is 5.69 Å². The second-order valence-corrected chi connectivity index (χ2v) is 5.73. The predicted molar refractivity (Wildman–Crippen MR) is 78.3 cm³/mol. The zero-order valence-electron chi connectivity index (χ0n) is 11.7. The van der Waals surface area contributed by atoms with Crippen LogP contribution in [0.5, 0.6) is 0 Å². The molecule has 0 amide bonds. The lowest BCUT2D eigenvalue weighted by molar-refractivity contribution is -0.384. The Morgan fingerprint density at radius 3 is 2.40 bits per heavy atom. The maximum absolute atomic E-state index is 13.8. The van der Waals surface area contributed by atoms with Gasteiger partial charge in [-0.1, -0.05) is 13.8 Å². The molecule has 20 heavy (non-hydrogen) atoms.